The molecule has 1 aromatic carbocycles. The number of nitrogens with one attached hydrogen (secondary N) is 2. The molecule has 1 amide bonds. The summed E-state index contributed by atoms with van der Waals surface area (Å²) in [6.07, 6.45) is 3.19. The van der Waals surface area contributed by atoms with Crippen LogP contribution >= 0.6 is 15.9 Å². The number of aromatic nitrogens is 2. The number of imidazole rings is 1. The van der Waals surface area contributed by atoms with Gasteiger partial charge in [-0.3, -0.25) is 10.1 Å². The summed E-state index contributed by atoms with van der Waals surface area (Å²) < 4.78 is 0.582. The average Bonchev–Trinajstić information content (AvgIpc) is 2.74. The number of H-pyrrole nitrogens is 1. The van der Waals surface area contributed by atoms with Crippen LogP contribution in [0.1, 0.15) is 10.4 Å². The molecule has 4 N–H and O–H groups in total. The van der Waals surface area contributed by atoms with Crippen LogP contribution in [-0.2, 0) is 0 Å². The van der Waals surface area contributed by atoms with E-state index in [1.165, 1.54) is 0 Å². The Bertz CT molecular complexity index is 510. The van der Waals surface area contributed by atoms with Crippen LogP contribution < -0.4 is 11.1 Å². The molecule has 82 valence electrons. The maximum Gasteiger partial charge on any atom is 0.259 e. The third-order valence-corrected chi connectivity index (χ3v) is 2.89. The third-order valence-electron chi connectivity index (χ3n) is 2.00. The molecule has 2 rings (SSSR count). The van der Waals surface area contributed by atoms with Gasteiger partial charge in [0.1, 0.15) is 0 Å². The van der Waals surface area contributed by atoms with Crippen molar-refractivity contribution in [1.82, 2.24) is 9.97 Å². The zero-order valence-electron chi connectivity index (χ0n) is 8.20. The second kappa shape index (κ2) is 4.36. The van der Waals surface area contributed by atoms with Crippen LogP contribution in [0.25, 0.3) is 0 Å². The van der Waals surface area contributed by atoms with Gasteiger partial charge in [0.05, 0.1) is 10.0 Å². The molecule has 0 radical (unpaired) electrons. The summed E-state index contributed by atoms with van der Waals surface area (Å²) in [6.45, 7) is 0. The fourth-order valence-corrected chi connectivity index (χ4v) is 1.68. The molecule has 0 atom stereocenters. The van der Waals surface area contributed by atoms with Crippen LogP contribution in [0.5, 0.6) is 0 Å². The molecule has 0 fully saturated rings. The molecule has 5 nitrogen and oxygen atoms in total. The molecule has 6 heteroatoms. The standard InChI is InChI=1S/C10H9BrN4O/c11-8-6(2-1-3-7(8)12)9(16)15-10-13-4-5-14-10/h1-5H,12H2,(H2,13,14,15,16). The molecule has 0 saturated carbocycles. The number of hydrogen-bond donors (Lipinski definition) is 3. The Morgan fingerprint density at radius 2 is 2.31 bits per heavy atom. The Labute approximate surface area is 100 Å². The molecule has 0 unspecified atom stereocenters. The summed E-state index contributed by atoms with van der Waals surface area (Å²) in [5.41, 5.74) is 6.67. The second-order valence-electron chi connectivity index (χ2n) is 3.10. The van der Waals surface area contributed by atoms with Gasteiger partial charge in [-0.2, -0.15) is 0 Å². The topological polar surface area (TPSA) is 83.8 Å². The summed E-state index contributed by atoms with van der Waals surface area (Å²) in [5.74, 6) is 0.133. The summed E-state index contributed by atoms with van der Waals surface area (Å²) in [4.78, 5) is 18.5. The highest BCUT2D eigenvalue weighted by Crippen LogP contribution is 2.24. The lowest BCUT2D eigenvalue weighted by Gasteiger charge is -2.06. The van der Waals surface area contributed by atoms with Crippen molar-refractivity contribution in [3.63, 3.8) is 0 Å². The second-order valence-corrected chi connectivity index (χ2v) is 3.89. The molecule has 16 heavy (non-hydrogen) atoms. The molecular weight excluding hydrogens is 272 g/mol. The van der Waals surface area contributed by atoms with Crippen LogP contribution in [0, 0.1) is 0 Å². The number of hydrogen-bond acceptors (Lipinski definition) is 3. The third kappa shape index (κ3) is 2.06. The maximum absolute atomic E-state index is 11.8. The number of aromatic amines is 1. The van der Waals surface area contributed by atoms with Gasteiger partial charge < -0.3 is 10.7 Å². The van der Waals surface area contributed by atoms with E-state index in [-0.39, 0.29) is 5.91 Å². The quantitative estimate of drug-likeness (QED) is 0.736. The lowest BCUT2D eigenvalue weighted by Crippen LogP contribution is -2.14. The van der Waals surface area contributed by atoms with Gasteiger partial charge in [0.2, 0.25) is 5.95 Å². The van der Waals surface area contributed by atoms with E-state index in [1.807, 2.05) is 0 Å². The number of carbonyl (C=O) groups is 1. The van der Waals surface area contributed by atoms with Crippen molar-refractivity contribution in [2.75, 3.05) is 11.1 Å². The Morgan fingerprint density at radius 3 is 3.00 bits per heavy atom. The van der Waals surface area contributed by atoms with Crippen LogP contribution in [-0.4, -0.2) is 15.9 Å². The number of rotatable bonds is 2. The molecule has 1 aromatic heterocycles. The van der Waals surface area contributed by atoms with Gasteiger partial charge in [0.15, 0.2) is 0 Å². The molecule has 0 aliphatic rings. The van der Waals surface area contributed by atoms with Crippen molar-refractivity contribution in [2.45, 2.75) is 0 Å². The number of carbonyl (C=O) groups excluding carboxylic acids is 1. The Hall–Kier alpha value is -1.82. The Balaban J connectivity index is 2.24. The van der Waals surface area contributed by atoms with E-state index in [9.17, 15) is 4.79 Å². The molecule has 0 bridgehead atoms. The van der Waals surface area contributed by atoms with Crippen molar-refractivity contribution >= 4 is 33.5 Å². The van der Waals surface area contributed by atoms with Crippen molar-refractivity contribution in [1.29, 1.82) is 0 Å². The molecular formula is C10H9BrN4O. The van der Waals surface area contributed by atoms with Crippen LogP contribution in [0.2, 0.25) is 0 Å². The number of nitrogen functional groups attached to an aromatic ring is 1. The summed E-state index contributed by atoms with van der Waals surface area (Å²) in [5, 5.41) is 2.62. The average molecular weight is 281 g/mol. The van der Waals surface area contributed by atoms with Gasteiger partial charge in [-0.25, -0.2) is 4.98 Å². The monoisotopic (exact) mass is 280 g/mol. The first-order valence-corrected chi connectivity index (χ1v) is 5.32. The first kappa shape index (κ1) is 10.7. The number of benzene rings is 1. The van der Waals surface area contributed by atoms with Crippen molar-refractivity contribution in [3.8, 4) is 0 Å². The normalized spacial score (nSPS) is 10.1. The largest absolute Gasteiger partial charge is 0.398 e. The predicted molar refractivity (Wildman–Crippen MR) is 65.1 cm³/mol. The summed E-state index contributed by atoms with van der Waals surface area (Å²) in [6, 6.07) is 5.11. The first-order chi connectivity index (χ1) is 7.68. The zero-order valence-corrected chi connectivity index (χ0v) is 9.78. The minimum Gasteiger partial charge on any atom is -0.398 e. The van der Waals surface area contributed by atoms with Gasteiger partial charge in [0.25, 0.3) is 5.91 Å². The highest BCUT2D eigenvalue weighted by atomic mass is 79.9. The van der Waals surface area contributed by atoms with E-state index in [0.29, 0.717) is 21.7 Å². The Morgan fingerprint density at radius 1 is 1.50 bits per heavy atom. The van der Waals surface area contributed by atoms with E-state index in [1.54, 1.807) is 30.6 Å². The Kier molecular flexibility index (Phi) is 2.91. The molecule has 0 aliphatic carbocycles. The first-order valence-electron chi connectivity index (χ1n) is 4.53. The van der Waals surface area contributed by atoms with E-state index in [0.717, 1.165) is 0 Å². The number of nitrogens with zero attached hydrogens (tertiary/aromatic N) is 1. The highest BCUT2D eigenvalue weighted by molar-refractivity contribution is 9.10. The van der Waals surface area contributed by atoms with Gasteiger partial charge in [0, 0.05) is 18.1 Å². The van der Waals surface area contributed by atoms with Gasteiger partial charge in [-0.1, -0.05) is 6.07 Å². The lowest BCUT2D eigenvalue weighted by molar-refractivity contribution is 0.102. The SMILES string of the molecule is Nc1cccc(C(=O)Nc2ncc[nH]2)c1Br. The van der Waals surface area contributed by atoms with E-state index in [2.05, 4.69) is 31.2 Å². The van der Waals surface area contributed by atoms with E-state index >= 15 is 0 Å². The molecule has 2 aromatic rings. The van der Waals surface area contributed by atoms with Gasteiger partial charge in [-0.05, 0) is 28.1 Å². The zero-order chi connectivity index (χ0) is 11.5. The van der Waals surface area contributed by atoms with Crippen molar-refractivity contribution in [2.24, 2.45) is 0 Å². The highest BCUT2D eigenvalue weighted by Gasteiger charge is 2.12. The fourth-order valence-electron chi connectivity index (χ4n) is 1.23. The summed E-state index contributed by atoms with van der Waals surface area (Å²) in [7, 11) is 0. The van der Waals surface area contributed by atoms with Gasteiger partial charge in [-0.15, -0.1) is 0 Å². The molecule has 0 saturated heterocycles. The minimum absolute atomic E-state index is 0.269. The number of amides is 1. The minimum atomic E-state index is -0.269. The maximum atomic E-state index is 11.8. The molecule has 0 aliphatic heterocycles. The van der Waals surface area contributed by atoms with Gasteiger partial charge >= 0.3 is 0 Å². The van der Waals surface area contributed by atoms with E-state index in [4.69, 9.17) is 5.73 Å². The van der Waals surface area contributed by atoms with E-state index < -0.39 is 0 Å². The number of halogens is 1. The fraction of sp³-hybridized carbons (Fsp3) is 0. The summed E-state index contributed by atoms with van der Waals surface area (Å²) >= 11 is 3.27. The predicted octanol–water partition coefficient (Wildman–Crippen LogP) is 2.01. The van der Waals surface area contributed by atoms with Crippen molar-refractivity contribution < 1.29 is 4.79 Å². The lowest BCUT2D eigenvalue weighted by atomic mass is 10.2. The van der Waals surface area contributed by atoms with Crippen LogP contribution in [0.15, 0.2) is 35.1 Å². The number of nitrogens with two attached hydrogens (primary N) is 1. The molecule has 1 heterocycles. The number of anilines is 2. The molecule has 0 spiro atoms. The smallest absolute Gasteiger partial charge is 0.259 e. The van der Waals surface area contributed by atoms with Crippen molar-refractivity contribution in [3.05, 3.63) is 40.6 Å². The van der Waals surface area contributed by atoms with Crippen LogP contribution in [0.4, 0.5) is 11.6 Å². The van der Waals surface area contributed by atoms with Crippen LogP contribution in [0.3, 0.4) is 0 Å².